The minimum absolute atomic E-state index is 0.287. The summed E-state index contributed by atoms with van der Waals surface area (Å²) in [6.45, 7) is 8.21. The molecule has 0 radical (unpaired) electrons. The number of anilines is 1. The summed E-state index contributed by atoms with van der Waals surface area (Å²) >= 11 is 1.64. The lowest BCUT2D eigenvalue weighted by molar-refractivity contribution is 0.00578. The van der Waals surface area contributed by atoms with E-state index in [-0.39, 0.29) is 18.3 Å². The second kappa shape index (κ2) is 4.92. The van der Waals surface area contributed by atoms with E-state index in [9.17, 15) is 0 Å². The van der Waals surface area contributed by atoms with Crippen molar-refractivity contribution in [3.63, 3.8) is 0 Å². The van der Waals surface area contributed by atoms with Gasteiger partial charge in [0, 0.05) is 25.2 Å². The van der Waals surface area contributed by atoms with Gasteiger partial charge in [0.25, 0.3) is 0 Å². The highest BCUT2D eigenvalue weighted by molar-refractivity contribution is 7.16. The minimum Gasteiger partial charge on any atom is -0.400 e. The van der Waals surface area contributed by atoms with Crippen molar-refractivity contribution >= 4 is 29.7 Å². The molecule has 1 aliphatic heterocycles. The first-order valence-corrected chi connectivity index (χ1v) is 7.20. The van der Waals surface area contributed by atoms with Crippen molar-refractivity contribution in [2.45, 2.75) is 38.9 Å². The summed E-state index contributed by atoms with van der Waals surface area (Å²) in [5, 5.41) is 0.994. The van der Waals surface area contributed by atoms with Crippen LogP contribution in [0.1, 0.15) is 32.6 Å². The van der Waals surface area contributed by atoms with Crippen molar-refractivity contribution in [1.82, 2.24) is 4.98 Å². The molecule has 0 spiro atoms. The van der Waals surface area contributed by atoms with Crippen LogP contribution in [0, 0.1) is 0 Å². The van der Waals surface area contributed by atoms with E-state index in [1.165, 1.54) is 0 Å². The Labute approximate surface area is 119 Å². The maximum atomic E-state index is 5.90. The topological polar surface area (TPSA) is 34.6 Å². The second-order valence-corrected chi connectivity index (χ2v) is 6.96. The van der Waals surface area contributed by atoms with Crippen molar-refractivity contribution in [3.8, 4) is 0 Å². The van der Waals surface area contributed by atoms with Crippen LogP contribution in [0.5, 0.6) is 0 Å². The van der Waals surface area contributed by atoms with Crippen LogP contribution in [-0.4, -0.2) is 37.4 Å². The third-order valence-corrected chi connectivity index (χ3v) is 4.71. The van der Waals surface area contributed by atoms with Gasteiger partial charge in [0.05, 0.1) is 11.2 Å². The average molecular weight is 280 g/mol. The first-order chi connectivity index (χ1) is 8.71. The van der Waals surface area contributed by atoms with Gasteiger partial charge in [-0.2, -0.15) is 0 Å². The van der Waals surface area contributed by atoms with Crippen LogP contribution in [0.4, 0.5) is 5.13 Å². The Kier molecular flexibility index (Phi) is 3.77. The van der Waals surface area contributed by atoms with Gasteiger partial charge in [-0.25, -0.2) is 4.98 Å². The van der Waals surface area contributed by atoms with E-state index >= 15 is 0 Å². The largest absolute Gasteiger partial charge is 0.487 e. The summed E-state index contributed by atoms with van der Waals surface area (Å²) < 4.78 is 11.8. The Balaban J connectivity index is 2.04. The fourth-order valence-electron chi connectivity index (χ4n) is 1.70. The van der Waals surface area contributed by atoms with Gasteiger partial charge >= 0.3 is 7.12 Å². The van der Waals surface area contributed by atoms with Crippen molar-refractivity contribution in [2.24, 2.45) is 0 Å². The molecule has 0 unspecified atom stereocenters. The molecule has 0 atom stereocenters. The van der Waals surface area contributed by atoms with E-state index in [4.69, 9.17) is 9.31 Å². The van der Waals surface area contributed by atoms with E-state index in [2.05, 4.69) is 32.7 Å². The van der Waals surface area contributed by atoms with E-state index in [1.54, 1.807) is 11.3 Å². The summed E-state index contributed by atoms with van der Waals surface area (Å²) in [7, 11) is 3.68. The lowest BCUT2D eigenvalue weighted by atomic mass is 9.90. The number of nitrogens with zero attached hydrogens (tertiary/aromatic N) is 2. The fourth-order valence-corrected chi connectivity index (χ4v) is 2.45. The molecule has 6 heteroatoms. The zero-order valence-electron chi connectivity index (χ0n) is 12.4. The number of aromatic nitrogens is 1. The first kappa shape index (κ1) is 14.6. The van der Waals surface area contributed by atoms with Crippen LogP contribution in [0.2, 0.25) is 0 Å². The van der Waals surface area contributed by atoms with Crippen molar-refractivity contribution < 1.29 is 9.31 Å². The van der Waals surface area contributed by atoms with Crippen LogP contribution < -0.4 is 4.90 Å². The Morgan fingerprint density at radius 2 is 1.79 bits per heavy atom. The maximum Gasteiger partial charge on any atom is 0.487 e. The molecular formula is C13H21BN2O2S. The van der Waals surface area contributed by atoms with Gasteiger partial charge in [-0.05, 0) is 27.7 Å². The molecule has 1 aliphatic rings. The van der Waals surface area contributed by atoms with Gasteiger partial charge in [0.1, 0.15) is 0 Å². The molecule has 1 saturated heterocycles. The van der Waals surface area contributed by atoms with Gasteiger partial charge in [-0.15, -0.1) is 0 Å². The molecule has 0 N–H and O–H groups in total. The van der Waals surface area contributed by atoms with E-state index in [0.717, 1.165) is 10.0 Å². The number of hydrogen-bond donors (Lipinski definition) is 0. The Morgan fingerprint density at radius 3 is 2.26 bits per heavy atom. The maximum absolute atomic E-state index is 5.90. The molecule has 1 aromatic heterocycles. The Hall–Kier alpha value is -0.845. The van der Waals surface area contributed by atoms with E-state index in [0.29, 0.717) is 0 Å². The van der Waals surface area contributed by atoms with Crippen LogP contribution in [-0.2, 0) is 9.31 Å². The lowest BCUT2D eigenvalue weighted by Gasteiger charge is -2.32. The fraction of sp³-hybridized carbons (Fsp3) is 0.615. The van der Waals surface area contributed by atoms with Crippen LogP contribution in [0.25, 0.3) is 6.08 Å². The smallest absolute Gasteiger partial charge is 0.400 e. The summed E-state index contributed by atoms with van der Waals surface area (Å²) in [5.41, 5.74) is -0.574. The highest BCUT2D eigenvalue weighted by atomic mass is 32.1. The quantitative estimate of drug-likeness (QED) is 0.797. The molecule has 1 aromatic rings. The summed E-state index contributed by atoms with van der Waals surface area (Å²) in [6, 6.07) is 0. The monoisotopic (exact) mass is 280 g/mol. The third kappa shape index (κ3) is 3.01. The molecule has 4 nitrogen and oxygen atoms in total. The molecule has 0 aromatic carbocycles. The number of rotatable bonds is 3. The Bertz CT molecular complexity index is 467. The molecule has 19 heavy (non-hydrogen) atoms. The highest BCUT2D eigenvalue weighted by Gasteiger charge is 2.49. The van der Waals surface area contributed by atoms with Gasteiger partial charge < -0.3 is 14.2 Å². The molecule has 0 saturated carbocycles. The SMILES string of the molecule is CN(C)c1ncc(/C=C/B2OC(C)(C)C(C)(C)O2)s1. The normalized spacial score (nSPS) is 21.3. The number of thiazole rings is 1. The molecule has 0 bridgehead atoms. The van der Waals surface area contributed by atoms with Gasteiger partial charge in [-0.1, -0.05) is 23.4 Å². The summed E-state index contributed by atoms with van der Waals surface area (Å²) in [6.07, 6.45) is 3.87. The first-order valence-electron chi connectivity index (χ1n) is 6.38. The second-order valence-electron chi connectivity index (χ2n) is 5.92. The Morgan fingerprint density at radius 1 is 1.21 bits per heavy atom. The summed E-state index contributed by atoms with van der Waals surface area (Å²) in [4.78, 5) is 7.42. The van der Waals surface area contributed by atoms with E-state index < -0.39 is 0 Å². The van der Waals surface area contributed by atoms with E-state index in [1.807, 2.05) is 37.2 Å². The molecule has 104 valence electrons. The van der Waals surface area contributed by atoms with Gasteiger partial charge in [0.2, 0.25) is 0 Å². The van der Waals surface area contributed by atoms with Crippen LogP contribution in [0.3, 0.4) is 0 Å². The van der Waals surface area contributed by atoms with Crippen molar-refractivity contribution in [2.75, 3.05) is 19.0 Å². The minimum atomic E-state index is -0.296. The summed E-state index contributed by atoms with van der Waals surface area (Å²) in [5.74, 6) is 1.95. The van der Waals surface area contributed by atoms with Crippen molar-refractivity contribution in [3.05, 3.63) is 17.0 Å². The van der Waals surface area contributed by atoms with Gasteiger partial charge in [-0.3, -0.25) is 0 Å². The van der Waals surface area contributed by atoms with Crippen molar-refractivity contribution in [1.29, 1.82) is 0 Å². The lowest BCUT2D eigenvalue weighted by Crippen LogP contribution is -2.41. The molecule has 0 amide bonds. The van der Waals surface area contributed by atoms with Crippen LogP contribution >= 0.6 is 11.3 Å². The highest BCUT2D eigenvalue weighted by Crippen LogP contribution is 2.37. The van der Waals surface area contributed by atoms with Gasteiger partial charge in [0.15, 0.2) is 5.13 Å². The average Bonchev–Trinajstić information content (AvgIpc) is 2.79. The zero-order chi connectivity index (χ0) is 14.3. The predicted octanol–water partition coefficient (Wildman–Crippen LogP) is 2.85. The molecule has 0 aliphatic carbocycles. The van der Waals surface area contributed by atoms with Crippen LogP contribution in [0.15, 0.2) is 12.2 Å². The molecular weight excluding hydrogens is 259 g/mol. The molecule has 2 rings (SSSR count). The molecule has 2 heterocycles. The third-order valence-electron chi connectivity index (χ3n) is 3.58. The zero-order valence-corrected chi connectivity index (χ0v) is 13.2. The predicted molar refractivity (Wildman–Crippen MR) is 81.6 cm³/mol. The standard InChI is InChI=1S/C13H21BN2O2S/c1-12(2)13(3,4)18-14(17-12)8-7-10-9-15-11(19-10)16(5)6/h7-9H,1-6H3/b8-7+. The number of hydrogen-bond acceptors (Lipinski definition) is 5. The molecule has 1 fully saturated rings.